The third kappa shape index (κ3) is 6.69. The standard InChI is InChI=1S/C35H32N4O7S/c1-20-5-11-23(12-6-20)33(40)43-17-26-28(45-34(41)24-13-7-21(2)8-14-24)29(46-35(42)25-15-9-22(3)10-16-25)31(44-26)39-19-36-27-30(39)37-18-38(4)32(27)47/h5-16,18-19,26,28-29,31H,17H2,1-4H3/t26-,28+,29-,31+/m0/s1. The lowest BCUT2D eigenvalue weighted by atomic mass is 10.1. The molecule has 2 aromatic heterocycles. The molecule has 12 heteroatoms. The molecule has 0 saturated carbocycles. The van der Waals surface area contributed by atoms with Gasteiger partial charge < -0.3 is 23.5 Å². The van der Waals surface area contributed by atoms with Crippen LogP contribution >= 0.6 is 12.2 Å². The molecule has 0 spiro atoms. The number of fused-ring (bicyclic) bond motifs is 1. The van der Waals surface area contributed by atoms with E-state index in [9.17, 15) is 14.4 Å². The number of benzene rings is 3. The van der Waals surface area contributed by atoms with Gasteiger partial charge in [-0.05, 0) is 57.2 Å². The molecule has 0 N–H and O–H groups in total. The number of ether oxygens (including phenoxy) is 4. The molecule has 5 aromatic rings. The molecule has 1 saturated heterocycles. The Labute approximate surface area is 275 Å². The topological polar surface area (TPSA) is 124 Å². The van der Waals surface area contributed by atoms with Gasteiger partial charge in [-0.25, -0.2) is 24.4 Å². The smallest absolute Gasteiger partial charge is 0.338 e. The van der Waals surface area contributed by atoms with Crippen molar-refractivity contribution in [1.29, 1.82) is 0 Å². The predicted molar refractivity (Wildman–Crippen MR) is 173 cm³/mol. The Bertz CT molecular complexity index is 2000. The maximum Gasteiger partial charge on any atom is 0.338 e. The Morgan fingerprint density at radius 3 is 1.74 bits per heavy atom. The zero-order chi connectivity index (χ0) is 33.2. The number of hydrogen-bond donors (Lipinski definition) is 0. The van der Waals surface area contributed by atoms with Crippen molar-refractivity contribution in [2.24, 2.45) is 7.05 Å². The largest absolute Gasteiger partial charge is 0.459 e. The van der Waals surface area contributed by atoms with Crippen LogP contribution in [-0.2, 0) is 26.0 Å². The van der Waals surface area contributed by atoms with Crippen molar-refractivity contribution in [2.75, 3.05) is 6.61 Å². The number of imidazole rings is 1. The zero-order valence-electron chi connectivity index (χ0n) is 26.2. The third-order valence-electron chi connectivity index (χ3n) is 7.93. The van der Waals surface area contributed by atoms with Crippen LogP contribution in [0.5, 0.6) is 0 Å². The normalized spacial score (nSPS) is 19.0. The Morgan fingerprint density at radius 1 is 0.723 bits per heavy atom. The number of carbonyl (C=O) groups is 3. The van der Waals surface area contributed by atoms with Crippen molar-refractivity contribution in [3.63, 3.8) is 0 Å². The van der Waals surface area contributed by atoms with E-state index in [0.717, 1.165) is 16.7 Å². The number of nitrogens with zero attached hydrogens (tertiary/aromatic N) is 4. The first-order chi connectivity index (χ1) is 22.6. The van der Waals surface area contributed by atoms with Gasteiger partial charge in [0, 0.05) is 7.05 Å². The molecule has 1 aliphatic heterocycles. The molecule has 1 aliphatic rings. The molecule has 6 rings (SSSR count). The summed E-state index contributed by atoms with van der Waals surface area (Å²) in [4.78, 5) is 49.0. The van der Waals surface area contributed by atoms with E-state index in [1.807, 2.05) is 20.8 Å². The minimum atomic E-state index is -1.21. The van der Waals surface area contributed by atoms with Crippen LogP contribution in [0.4, 0.5) is 0 Å². The molecule has 1 fully saturated rings. The van der Waals surface area contributed by atoms with E-state index in [2.05, 4.69) is 9.97 Å². The number of esters is 3. The van der Waals surface area contributed by atoms with E-state index < -0.39 is 42.4 Å². The van der Waals surface area contributed by atoms with E-state index in [0.29, 0.717) is 26.9 Å². The van der Waals surface area contributed by atoms with Gasteiger partial charge in [-0.2, -0.15) is 0 Å². The number of aryl methyl sites for hydroxylation is 4. The number of aromatic nitrogens is 4. The zero-order valence-corrected chi connectivity index (χ0v) is 27.0. The van der Waals surface area contributed by atoms with Crippen molar-refractivity contribution in [2.45, 2.75) is 45.3 Å². The van der Waals surface area contributed by atoms with Crippen LogP contribution < -0.4 is 0 Å². The molecule has 0 radical (unpaired) electrons. The third-order valence-corrected chi connectivity index (χ3v) is 8.41. The van der Waals surface area contributed by atoms with Crippen LogP contribution in [0.3, 0.4) is 0 Å². The van der Waals surface area contributed by atoms with Gasteiger partial charge in [0.05, 0.1) is 29.3 Å². The highest BCUT2D eigenvalue weighted by atomic mass is 32.1. The average molecular weight is 653 g/mol. The van der Waals surface area contributed by atoms with Gasteiger partial charge in [-0.3, -0.25) is 4.57 Å². The summed E-state index contributed by atoms with van der Waals surface area (Å²) in [6, 6.07) is 20.7. The van der Waals surface area contributed by atoms with Gasteiger partial charge in [0.15, 0.2) is 24.1 Å². The second-order valence-corrected chi connectivity index (χ2v) is 11.9. The molecule has 3 heterocycles. The van der Waals surface area contributed by atoms with Gasteiger partial charge in [0.1, 0.15) is 22.9 Å². The monoisotopic (exact) mass is 652 g/mol. The molecule has 0 unspecified atom stereocenters. The van der Waals surface area contributed by atoms with Crippen molar-refractivity contribution >= 4 is 41.3 Å². The Kier molecular flexibility index (Phi) is 8.97. The lowest BCUT2D eigenvalue weighted by Crippen LogP contribution is -2.41. The predicted octanol–water partition coefficient (Wildman–Crippen LogP) is 5.63. The summed E-state index contributed by atoms with van der Waals surface area (Å²) < 4.78 is 27.9. The van der Waals surface area contributed by atoms with Crippen LogP contribution in [0.15, 0.2) is 85.5 Å². The van der Waals surface area contributed by atoms with Crippen molar-refractivity contribution in [3.8, 4) is 0 Å². The van der Waals surface area contributed by atoms with Crippen LogP contribution in [0, 0.1) is 25.4 Å². The molecule has 11 nitrogen and oxygen atoms in total. The fraction of sp³-hybridized carbons (Fsp3) is 0.257. The number of carbonyl (C=O) groups excluding carboxylic acids is 3. The minimum absolute atomic E-state index is 0.288. The second-order valence-electron chi connectivity index (χ2n) is 11.5. The van der Waals surface area contributed by atoms with E-state index in [-0.39, 0.29) is 12.2 Å². The highest BCUT2D eigenvalue weighted by Crippen LogP contribution is 2.37. The van der Waals surface area contributed by atoms with Gasteiger partial charge in [0.25, 0.3) is 0 Å². The van der Waals surface area contributed by atoms with Crippen LogP contribution in [-0.4, -0.2) is 61.9 Å². The number of rotatable bonds is 8. The van der Waals surface area contributed by atoms with Crippen molar-refractivity contribution in [1.82, 2.24) is 19.1 Å². The molecule has 240 valence electrons. The molecule has 0 bridgehead atoms. The SMILES string of the molecule is Cc1ccc(C(=O)OC[C@@H]2O[C@@H](n3cnc4c(=S)n(C)cnc43)[C@@H](OC(=O)c3ccc(C)cc3)[C@@H]2OC(=O)c2ccc(C)cc2)cc1. The molecular formula is C35H32N4O7S. The highest BCUT2D eigenvalue weighted by molar-refractivity contribution is 7.71. The fourth-order valence-electron chi connectivity index (χ4n) is 5.21. The summed E-state index contributed by atoms with van der Waals surface area (Å²) in [7, 11) is 1.75. The molecule has 3 aromatic carbocycles. The number of hydrogen-bond acceptors (Lipinski definition) is 10. The molecule has 0 amide bonds. The van der Waals surface area contributed by atoms with Gasteiger partial charge in [0.2, 0.25) is 0 Å². The molecule has 0 aliphatic carbocycles. The highest BCUT2D eigenvalue weighted by Gasteiger charge is 2.52. The molecular weight excluding hydrogens is 620 g/mol. The maximum atomic E-state index is 13.5. The summed E-state index contributed by atoms with van der Waals surface area (Å²) in [5.74, 6) is -1.92. The van der Waals surface area contributed by atoms with E-state index in [1.54, 1.807) is 95.3 Å². The maximum absolute atomic E-state index is 13.5. The van der Waals surface area contributed by atoms with Crippen LogP contribution in [0.2, 0.25) is 0 Å². The lowest BCUT2D eigenvalue weighted by molar-refractivity contribution is -0.0606. The van der Waals surface area contributed by atoms with E-state index >= 15 is 0 Å². The van der Waals surface area contributed by atoms with Crippen LogP contribution in [0.1, 0.15) is 54.0 Å². The fourth-order valence-corrected chi connectivity index (χ4v) is 5.40. The molecule has 4 atom stereocenters. The average Bonchev–Trinajstić information content (AvgIpc) is 3.64. The van der Waals surface area contributed by atoms with Gasteiger partial charge in [-0.15, -0.1) is 0 Å². The minimum Gasteiger partial charge on any atom is -0.459 e. The summed E-state index contributed by atoms with van der Waals surface area (Å²) in [6.07, 6.45) is -1.51. The lowest BCUT2D eigenvalue weighted by Gasteiger charge is -2.25. The Balaban J connectivity index is 1.38. The summed E-state index contributed by atoms with van der Waals surface area (Å²) >= 11 is 5.54. The quantitative estimate of drug-likeness (QED) is 0.118. The first-order valence-electron chi connectivity index (χ1n) is 14.9. The first kappa shape index (κ1) is 31.8. The second kappa shape index (κ2) is 13.3. The van der Waals surface area contributed by atoms with Gasteiger partial charge >= 0.3 is 17.9 Å². The van der Waals surface area contributed by atoms with Crippen LogP contribution in [0.25, 0.3) is 11.2 Å². The Morgan fingerprint density at radius 2 is 1.21 bits per heavy atom. The summed E-state index contributed by atoms with van der Waals surface area (Å²) in [5.41, 5.74) is 4.64. The summed E-state index contributed by atoms with van der Waals surface area (Å²) in [5, 5.41) is 0. The van der Waals surface area contributed by atoms with Crippen molar-refractivity contribution < 1.29 is 33.3 Å². The first-order valence-corrected chi connectivity index (χ1v) is 15.3. The van der Waals surface area contributed by atoms with Gasteiger partial charge in [-0.1, -0.05) is 65.3 Å². The van der Waals surface area contributed by atoms with Crippen molar-refractivity contribution in [3.05, 3.63) is 123 Å². The van der Waals surface area contributed by atoms with E-state index in [1.165, 1.54) is 6.33 Å². The van der Waals surface area contributed by atoms with E-state index in [4.69, 9.17) is 31.2 Å². The summed E-state index contributed by atoms with van der Waals surface area (Å²) in [6.45, 7) is 5.41. The molecule has 47 heavy (non-hydrogen) atoms. The Hall–Kier alpha value is -5.20.